The van der Waals surface area contributed by atoms with E-state index in [1.54, 1.807) is 0 Å². The second-order valence-electron chi connectivity index (χ2n) is 2.31. The van der Waals surface area contributed by atoms with Crippen LogP contribution in [0.2, 0.25) is 0 Å². The van der Waals surface area contributed by atoms with Gasteiger partial charge >= 0.3 is 6.03 Å². The molecule has 3 N–H and O–H groups in total. The molecule has 0 bridgehead atoms. The standard InChI is InChI=1S/C6H15N3O/c1-4-8-9(5(2)3)6(7)10/h5,8H,4H2,1-3H3,(H2,7,10). The van der Waals surface area contributed by atoms with Gasteiger partial charge in [0.25, 0.3) is 0 Å². The molecule has 0 saturated carbocycles. The van der Waals surface area contributed by atoms with Gasteiger partial charge in [-0.2, -0.15) is 0 Å². The normalized spacial score (nSPS) is 10.0. The number of nitrogens with zero attached hydrogens (tertiary/aromatic N) is 1. The van der Waals surface area contributed by atoms with E-state index in [1.807, 2.05) is 20.8 Å². The average Bonchev–Trinajstić information content (AvgIpc) is 1.81. The first-order valence-electron chi connectivity index (χ1n) is 3.41. The van der Waals surface area contributed by atoms with E-state index in [2.05, 4.69) is 5.43 Å². The van der Waals surface area contributed by atoms with Crippen molar-refractivity contribution in [2.24, 2.45) is 5.73 Å². The quantitative estimate of drug-likeness (QED) is 0.561. The molecule has 0 atom stereocenters. The summed E-state index contributed by atoms with van der Waals surface area (Å²) in [7, 11) is 0. The van der Waals surface area contributed by atoms with Crippen LogP contribution in [0.1, 0.15) is 20.8 Å². The topological polar surface area (TPSA) is 58.4 Å². The fourth-order valence-corrected chi connectivity index (χ4v) is 0.685. The number of hydrogen-bond acceptors (Lipinski definition) is 2. The Kier molecular flexibility index (Phi) is 3.79. The number of carbonyl (C=O) groups is 1. The Hall–Kier alpha value is -0.770. The first kappa shape index (κ1) is 9.23. The molecule has 0 aliphatic heterocycles. The van der Waals surface area contributed by atoms with Crippen LogP contribution in [0.25, 0.3) is 0 Å². The Morgan fingerprint density at radius 3 is 2.30 bits per heavy atom. The highest BCUT2D eigenvalue weighted by Gasteiger charge is 2.10. The van der Waals surface area contributed by atoms with E-state index in [0.29, 0.717) is 6.54 Å². The van der Waals surface area contributed by atoms with Crippen LogP contribution in [0.15, 0.2) is 0 Å². The molecule has 0 fully saturated rings. The second kappa shape index (κ2) is 4.11. The van der Waals surface area contributed by atoms with Gasteiger partial charge in [-0.05, 0) is 13.8 Å². The van der Waals surface area contributed by atoms with E-state index in [0.717, 1.165) is 0 Å². The van der Waals surface area contributed by atoms with Crippen molar-refractivity contribution in [3.05, 3.63) is 0 Å². The molecule has 60 valence electrons. The van der Waals surface area contributed by atoms with Crippen molar-refractivity contribution in [3.8, 4) is 0 Å². The molecule has 0 aliphatic carbocycles. The van der Waals surface area contributed by atoms with Gasteiger partial charge in [0.15, 0.2) is 0 Å². The lowest BCUT2D eigenvalue weighted by Gasteiger charge is -2.24. The summed E-state index contributed by atoms with van der Waals surface area (Å²) in [6, 6.07) is -0.325. The Balaban J connectivity index is 3.85. The van der Waals surface area contributed by atoms with Gasteiger partial charge in [-0.15, -0.1) is 0 Å². The van der Waals surface area contributed by atoms with E-state index >= 15 is 0 Å². The van der Waals surface area contributed by atoms with Crippen molar-refractivity contribution in [1.82, 2.24) is 10.4 Å². The number of hydrazine groups is 1. The monoisotopic (exact) mass is 145 g/mol. The van der Waals surface area contributed by atoms with E-state index in [-0.39, 0.29) is 6.04 Å². The molecular weight excluding hydrogens is 130 g/mol. The maximum absolute atomic E-state index is 10.6. The van der Waals surface area contributed by atoms with E-state index in [4.69, 9.17) is 5.73 Å². The predicted octanol–water partition coefficient (Wildman–Crippen LogP) is 0.300. The molecule has 0 heterocycles. The molecular formula is C6H15N3O. The molecule has 0 aromatic heterocycles. The van der Waals surface area contributed by atoms with Crippen molar-refractivity contribution in [2.75, 3.05) is 6.54 Å². The summed E-state index contributed by atoms with van der Waals surface area (Å²) in [5.41, 5.74) is 7.89. The van der Waals surface area contributed by atoms with Crippen LogP contribution in [0, 0.1) is 0 Å². The molecule has 0 aromatic carbocycles. The smallest absolute Gasteiger partial charge is 0.329 e. The summed E-state index contributed by atoms with van der Waals surface area (Å²) in [4.78, 5) is 10.6. The summed E-state index contributed by atoms with van der Waals surface area (Å²) >= 11 is 0. The Labute approximate surface area is 61.3 Å². The highest BCUT2D eigenvalue weighted by atomic mass is 16.2. The van der Waals surface area contributed by atoms with Crippen LogP contribution in [0.5, 0.6) is 0 Å². The lowest BCUT2D eigenvalue weighted by molar-refractivity contribution is 0.160. The molecule has 0 spiro atoms. The van der Waals surface area contributed by atoms with Crippen molar-refractivity contribution in [3.63, 3.8) is 0 Å². The fourth-order valence-electron chi connectivity index (χ4n) is 0.685. The van der Waals surface area contributed by atoms with Gasteiger partial charge in [-0.3, -0.25) is 5.01 Å². The zero-order valence-electron chi connectivity index (χ0n) is 6.72. The lowest BCUT2D eigenvalue weighted by atomic mass is 10.4. The van der Waals surface area contributed by atoms with Crippen LogP contribution in [0.4, 0.5) is 4.79 Å². The first-order chi connectivity index (χ1) is 4.59. The summed E-state index contributed by atoms with van der Waals surface area (Å²) in [5, 5.41) is 1.40. The number of nitrogens with one attached hydrogen (secondary N) is 1. The number of amides is 2. The van der Waals surface area contributed by atoms with Crippen LogP contribution in [0.3, 0.4) is 0 Å². The second-order valence-corrected chi connectivity index (χ2v) is 2.31. The van der Waals surface area contributed by atoms with Gasteiger partial charge < -0.3 is 5.73 Å². The van der Waals surface area contributed by atoms with Gasteiger partial charge in [0.2, 0.25) is 0 Å². The Morgan fingerprint density at radius 1 is 1.70 bits per heavy atom. The van der Waals surface area contributed by atoms with Crippen molar-refractivity contribution in [2.45, 2.75) is 26.8 Å². The number of carbonyl (C=O) groups excluding carboxylic acids is 1. The molecule has 0 radical (unpaired) electrons. The molecule has 0 aliphatic rings. The number of urea groups is 1. The highest BCUT2D eigenvalue weighted by Crippen LogP contribution is 1.91. The van der Waals surface area contributed by atoms with Gasteiger partial charge in [0.05, 0.1) is 0 Å². The van der Waals surface area contributed by atoms with Crippen LogP contribution < -0.4 is 11.2 Å². The molecule has 10 heavy (non-hydrogen) atoms. The Bertz CT molecular complexity index is 114. The number of nitrogens with two attached hydrogens (primary N) is 1. The maximum atomic E-state index is 10.6. The molecule has 0 aromatic rings. The molecule has 2 amide bonds. The molecule has 0 unspecified atom stereocenters. The minimum atomic E-state index is -0.433. The largest absolute Gasteiger partial charge is 0.350 e. The number of primary amides is 1. The molecule has 0 rings (SSSR count). The summed E-state index contributed by atoms with van der Waals surface area (Å²) in [6.07, 6.45) is 0. The molecule has 4 nitrogen and oxygen atoms in total. The summed E-state index contributed by atoms with van der Waals surface area (Å²) in [6.45, 7) is 6.42. The highest BCUT2D eigenvalue weighted by molar-refractivity contribution is 5.71. The average molecular weight is 145 g/mol. The minimum Gasteiger partial charge on any atom is -0.350 e. The molecule has 0 saturated heterocycles. The van der Waals surface area contributed by atoms with E-state index in [1.165, 1.54) is 5.01 Å². The Morgan fingerprint density at radius 2 is 2.20 bits per heavy atom. The van der Waals surface area contributed by atoms with Gasteiger partial charge in [-0.25, -0.2) is 10.2 Å². The molecule has 4 heteroatoms. The third-order valence-corrected chi connectivity index (χ3v) is 1.08. The van der Waals surface area contributed by atoms with Crippen LogP contribution in [-0.4, -0.2) is 23.6 Å². The lowest BCUT2D eigenvalue weighted by Crippen LogP contribution is -2.49. The van der Waals surface area contributed by atoms with Gasteiger partial charge in [-0.1, -0.05) is 6.92 Å². The summed E-state index contributed by atoms with van der Waals surface area (Å²) < 4.78 is 0. The number of rotatable bonds is 3. The van der Waals surface area contributed by atoms with Crippen LogP contribution in [-0.2, 0) is 0 Å². The van der Waals surface area contributed by atoms with Crippen LogP contribution >= 0.6 is 0 Å². The first-order valence-corrected chi connectivity index (χ1v) is 3.41. The number of hydrogen-bond donors (Lipinski definition) is 2. The third kappa shape index (κ3) is 2.68. The minimum absolute atomic E-state index is 0.109. The zero-order chi connectivity index (χ0) is 8.15. The van der Waals surface area contributed by atoms with Gasteiger partial charge in [0.1, 0.15) is 0 Å². The van der Waals surface area contributed by atoms with Crippen molar-refractivity contribution >= 4 is 6.03 Å². The fraction of sp³-hybridized carbons (Fsp3) is 0.833. The predicted molar refractivity (Wildman–Crippen MR) is 40.2 cm³/mol. The maximum Gasteiger partial charge on any atom is 0.329 e. The summed E-state index contributed by atoms with van der Waals surface area (Å²) in [5.74, 6) is 0. The van der Waals surface area contributed by atoms with E-state index in [9.17, 15) is 4.79 Å². The van der Waals surface area contributed by atoms with Gasteiger partial charge in [0, 0.05) is 12.6 Å². The van der Waals surface area contributed by atoms with E-state index < -0.39 is 6.03 Å². The van der Waals surface area contributed by atoms with Crippen molar-refractivity contribution < 1.29 is 4.79 Å². The zero-order valence-corrected chi connectivity index (χ0v) is 6.72. The SMILES string of the molecule is CCNN(C(N)=O)C(C)C. The van der Waals surface area contributed by atoms with Crippen molar-refractivity contribution in [1.29, 1.82) is 0 Å². The third-order valence-electron chi connectivity index (χ3n) is 1.08.